The number of amides is 1. The van der Waals surface area contributed by atoms with Crippen LogP contribution in [0, 0.1) is 0 Å². The maximum atomic E-state index is 11.9. The Morgan fingerprint density at radius 1 is 1.24 bits per heavy atom. The van der Waals surface area contributed by atoms with Crippen molar-refractivity contribution in [1.82, 2.24) is 9.88 Å². The number of aromatic nitrogens is 1. The van der Waals surface area contributed by atoms with Gasteiger partial charge in [-0.2, -0.15) is 11.8 Å². The number of nitrogens with zero attached hydrogens (tertiary/aromatic N) is 1. The highest BCUT2D eigenvalue weighted by atomic mass is 32.2. The van der Waals surface area contributed by atoms with Gasteiger partial charge in [0.15, 0.2) is 5.58 Å². The van der Waals surface area contributed by atoms with E-state index < -0.39 is 0 Å². The topological polar surface area (TPSA) is 64.2 Å². The summed E-state index contributed by atoms with van der Waals surface area (Å²) in [6.07, 6.45) is 1.01. The molecule has 3 aromatic rings. The molecule has 2 heterocycles. The summed E-state index contributed by atoms with van der Waals surface area (Å²) < 4.78 is 6.77. The molecule has 0 radical (unpaired) electrons. The SMILES string of the molecule is O=C(CCCn1c(=O)oc2ccccc21)NCCSCc1cccs1. The summed E-state index contributed by atoms with van der Waals surface area (Å²) in [5, 5.41) is 5.00. The molecule has 2 aromatic heterocycles. The molecule has 0 aliphatic carbocycles. The molecule has 0 aliphatic heterocycles. The van der Waals surface area contributed by atoms with Crippen molar-refractivity contribution in [2.24, 2.45) is 0 Å². The van der Waals surface area contributed by atoms with Crippen molar-refractivity contribution in [2.75, 3.05) is 12.3 Å². The highest BCUT2D eigenvalue weighted by Crippen LogP contribution is 2.16. The molecule has 7 heteroatoms. The van der Waals surface area contributed by atoms with Crippen molar-refractivity contribution in [3.05, 3.63) is 57.2 Å². The van der Waals surface area contributed by atoms with E-state index in [0.29, 0.717) is 31.5 Å². The number of aryl methyl sites for hydroxylation is 1. The van der Waals surface area contributed by atoms with Crippen molar-refractivity contribution in [2.45, 2.75) is 25.1 Å². The second-order valence-electron chi connectivity index (χ2n) is 5.57. The first kappa shape index (κ1) is 17.8. The summed E-state index contributed by atoms with van der Waals surface area (Å²) in [6, 6.07) is 11.5. The lowest BCUT2D eigenvalue weighted by atomic mass is 10.2. The first-order chi connectivity index (χ1) is 12.2. The average molecular weight is 377 g/mol. The highest BCUT2D eigenvalue weighted by molar-refractivity contribution is 7.98. The third kappa shape index (κ3) is 4.99. The molecule has 0 saturated carbocycles. The van der Waals surface area contributed by atoms with Crippen LogP contribution in [0.5, 0.6) is 0 Å². The third-order valence-corrected chi connectivity index (χ3v) is 5.82. The molecule has 25 heavy (non-hydrogen) atoms. The number of rotatable bonds is 9. The van der Waals surface area contributed by atoms with Crippen molar-refractivity contribution >= 4 is 40.1 Å². The molecule has 1 amide bonds. The summed E-state index contributed by atoms with van der Waals surface area (Å²) >= 11 is 3.57. The maximum absolute atomic E-state index is 11.9. The molecule has 1 N–H and O–H groups in total. The quantitative estimate of drug-likeness (QED) is 0.581. The number of fused-ring (bicyclic) bond motifs is 1. The Labute approximate surface area is 154 Å². The van der Waals surface area contributed by atoms with Gasteiger partial charge in [-0.1, -0.05) is 18.2 Å². The van der Waals surface area contributed by atoms with Crippen LogP contribution >= 0.6 is 23.1 Å². The zero-order valence-corrected chi connectivity index (χ0v) is 15.4. The van der Waals surface area contributed by atoms with Crippen molar-refractivity contribution in [1.29, 1.82) is 0 Å². The molecule has 0 unspecified atom stereocenters. The molecule has 0 atom stereocenters. The van der Waals surface area contributed by atoms with Gasteiger partial charge >= 0.3 is 5.76 Å². The fourth-order valence-corrected chi connectivity index (χ4v) is 4.24. The van der Waals surface area contributed by atoms with Crippen LogP contribution in [0.25, 0.3) is 11.1 Å². The van der Waals surface area contributed by atoms with Gasteiger partial charge < -0.3 is 9.73 Å². The van der Waals surface area contributed by atoms with Crippen LogP contribution in [0.3, 0.4) is 0 Å². The summed E-state index contributed by atoms with van der Waals surface area (Å²) in [4.78, 5) is 25.1. The smallest absolute Gasteiger partial charge is 0.408 e. The minimum absolute atomic E-state index is 0.0255. The first-order valence-electron chi connectivity index (χ1n) is 8.19. The van der Waals surface area contributed by atoms with Gasteiger partial charge in [0, 0.05) is 35.9 Å². The Kier molecular flexibility index (Phi) is 6.36. The van der Waals surface area contributed by atoms with Gasteiger partial charge in [0.2, 0.25) is 5.91 Å². The number of benzene rings is 1. The van der Waals surface area contributed by atoms with Crippen molar-refractivity contribution in [3.63, 3.8) is 0 Å². The second-order valence-corrected chi connectivity index (χ2v) is 7.71. The molecular weight excluding hydrogens is 356 g/mol. The Hall–Kier alpha value is -1.99. The van der Waals surface area contributed by atoms with Crippen molar-refractivity contribution < 1.29 is 9.21 Å². The minimum atomic E-state index is -0.369. The number of thioether (sulfide) groups is 1. The predicted molar refractivity (Wildman–Crippen MR) is 103 cm³/mol. The van der Waals surface area contributed by atoms with E-state index in [9.17, 15) is 9.59 Å². The minimum Gasteiger partial charge on any atom is -0.408 e. The number of nitrogens with one attached hydrogen (secondary N) is 1. The zero-order valence-electron chi connectivity index (χ0n) is 13.8. The van der Waals surface area contributed by atoms with Gasteiger partial charge in [-0.05, 0) is 30.0 Å². The molecule has 0 fully saturated rings. The molecule has 0 aliphatic rings. The van der Waals surface area contributed by atoms with Crippen LogP contribution in [-0.2, 0) is 17.1 Å². The lowest BCUT2D eigenvalue weighted by Crippen LogP contribution is -2.26. The number of carbonyl (C=O) groups is 1. The van der Waals surface area contributed by atoms with Gasteiger partial charge in [0.05, 0.1) is 5.52 Å². The van der Waals surface area contributed by atoms with Gasteiger partial charge in [-0.25, -0.2) is 4.79 Å². The van der Waals surface area contributed by atoms with E-state index in [1.54, 1.807) is 22.0 Å². The van der Waals surface area contributed by atoms with Crippen LogP contribution in [-0.4, -0.2) is 22.8 Å². The van der Waals surface area contributed by atoms with Gasteiger partial charge in [-0.3, -0.25) is 9.36 Å². The molecular formula is C18H20N2O3S2. The Morgan fingerprint density at radius 3 is 2.96 bits per heavy atom. The summed E-state index contributed by atoms with van der Waals surface area (Å²) in [7, 11) is 0. The normalized spacial score (nSPS) is 11.0. The Balaban J connectivity index is 1.35. The van der Waals surface area contributed by atoms with E-state index in [4.69, 9.17) is 4.42 Å². The lowest BCUT2D eigenvalue weighted by molar-refractivity contribution is -0.121. The summed E-state index contributed by atoms with van der Waals surface area (Å²) in [5.41, 5.74) is 1.36. The average Bonchev–Trinajstić information content (AvgIpc) is 3.23. The first-order valence-corrected chi connectivity index (χ1v) is 10.2. The van der Waals surface area contributed by atoms with E-state index in [-0.39, 0.29) is 11.7 Å². The standard InChI is InChI=1S/C18H20N2O3S2/c21-17(19-9-12-24-13-14-5-4-11-25-14)8-3-10-20-15-6-1-2-7-16(15)23-18(20)22/h1-2,4-7,11H,3,8-10,12-13H2,(H,19,21). The second kappa shape index (κ2) is 8.92. The van der Waals surface area contributed by atoms with Gasteiger partial charge in [-0.15, -0.1) is 11.3 Å². The molecule has 0 bridgehead atoms. The molecule has 5 nitrogen and oxygen atoms in total. The number of hydrogen-bond acceptors (Lipinski definition) is 5. The number of thiophene rings is 1. The van der Waals surface area contributed by atoms with E-state index >= 15 is 0 Å². The summed E-state index contributed by atoms with van der Waals surface area (Å²) in [5.74, 6) is 1.55. The molecule has 1 aromatic carbocycles. The van der Waals surface area contributed by atoms with Gasteiger partial charge in [0.1, 0.15) is 0 Å². The van der Waals surface area contributed by atoms with E-state index in [1.165, 1.54) is 4.88 Å². The maximum Gasteiger partial charge on any atom is 0.419 e. The largest absolute Gasteiger partial charge is 0.419 e. The van der Waals surface area contributed by atoms with E-state index in [2.05, 4.69) is 22.8 Å². The molecule has 0 saturated heterocycles. The molecule has 3 rings (SSSR count). The number of carbonyl (C=O) groups excluding carboxylic acids is 1. The lowest BCUT2D eigenvalue weighted by Gasteiger charge is -2.05. The van der Waals surface area contributed by atoms with Crippen LogP contribution in [0.1, 0.15) is 17.7 Å². The van der Waals surface area contributed by atoms with Crippen LogP contribution < -0.4 is 11.1 Å². The van der Waals surface area contributed by atoms with Crippen LogP contribution in [0.15, 0.2) is 51.0 Å². The zero-order chi connectivity index (χ0) is 17.5. The monoisotopic (exact) mass is 376 g/mol. The van der Waals surface area contributed by atoms with Crippen LogP contribution in [0.2, 0.25) is 0 Å². The highest BCUT2D eigenvalue weighted by Gasteiger charge is 2.09. The number of hydrogen-bond donors (Lipinski definition) is 1. The number of para-hydroxylation sites is 2. The fourth-order valence-electron chi connectivity index (χ4n) is 2.54. The predicted octanol–water partition coefficient (Wildman–Crippen LogP) is 3.49. The van der Waals surface area contributed by atoms with Gasteiger partial charge in [0.25, 0.3) is 0 Å². The Morgan fingerprint density at radius 2 is 2.12 bits per heavy atom. The molecule has 0 spiro atoms. The van der Waals surface area contributed by atoms with Crippen LogP contribution in [0.4, 0.5) is 0 Å². The third-order valence-electron chi connectivity index (χ3n) is 3.75. The fraction of sp³-hybridized carbons (Fsp3) is 0.333. The molecule has 132 valence electrons. The Bertz CT molecular complexity index is 868. The van der Waals surface area contributed by atoms with Crippen molar-refractivity contribution in [3.8, 4) is 0 Å². The van der Waals surface area contributed by atoms with E-state index in [0.717, 1.165) is 17.0 Å². The number of oxazole rings is 1. The summed E-state index contributed by atoms with van der Waals surface area (Å²) in [6.45, 7) is 1.15. The van der Waals surface area contributed by atoms with E-state index in [1.807, 2.05) is 30.0 Å².